The van der Waals surface area contributed by atoms with Crippen LogP contribution in [0.2, 0.25) is 0 Å². The number of aromatic nitrogens is 2. The molecule has 1 aromatic carbocycles. The van der Waals surface area contributed by atoms with Crippen LogP contribution in [0, 0.1) is 34.5 Å². The number of esters is 1. The fraction of sp³-hybridized carbons (Fsp3) is 0.517. The lowest BCUT2D eigenvalue weighted by atomic mass is 9.47. The Morgan fingerprint density at radius 3 is 2.77 bits per heavy atom. The van der Waals surface area contributed by atoms with Crippen molar-refractivity contribution >= 4 is 12.0 Å². The Morgan fingerprint density at radius 2 is 2.03 bits per heavy atom. The summed E-state index contributed by atoms with van der Waals surface area (Å²) in [5, 5.41) is 16.2. The Kier molecular flexibility index (Phi) is 5.12. The monoisotopic (exact) mass is 476 g/mol. The topological polar surface area (TPSA) is 64.3 Å². The van der Waals surface area contributed by atoms with E-state index in [0.29, 0.717) is 25.0 Å². The second-order valence-electron chi connectivity index (χ2n) is 11.3. The molecule has 0 aliphatic heterocycles. The first-order valence-corrected chi connectivity index (χ1v) is 12.8. The number of nitrogens with zero attached hydrogens (tertiary/aromatic N) is 2. The highest BCUT2D eigenvalue weighted by molar-refractivity contribution is 5.74. The molecule has 35 heavy (non-hydrogen) atoms. The van der Waals surface area contributed by atoms with E-state index in [1.165, 1.54) is 0 Å². The number of allylic oxidation sites excluding steroid dienone is 3. The van der Waals surface area contributed by atoms with E-state index < -0.39 is 11.5 Å². The maximum absolute atomic E-state index is 15.9. The molecule has 6 heteroatoms. The van der Waals surface area contributed by atoms with Crippen LogP contribution in [0.25, 0.3) is 11.8 Å². The average Bonchev–Trinajstić information content (AvgIpc) is 3.38. The molecule has 4 aliphatic rings. The molecular formula is C29H33FN2O3. The Morgan fingerprint density at radius 1 is 1.26 bits per heavy atom. The minimum absolute atomic E-state index is 0.111. The van der Waals surface area contributed by atoms with Gasteiger partial charge in [0, 0.05) is 11.3 Å². The summed E-state index contributed by atoms with van der Waals surface area (Å²) in [5.41, 5.74) is 2.65. The molecule has 0 saturated heterocycles. The minimum atomic E-state index is -0.625. The Hall–Kier alpha value is -2.73. The van der Waals surface area contributed by atoms with Crippen molar-refractivity contribution in [3.8, 4) is 5.69 Å². The standard InChI is InChI=1S/C29H33FN2O3/c1-4-35-27(34)21-11-10-20-19-12-23(30)22-13-24-17(16-31-32(24)18-8-6-5-7-9-18)14-29(22,3)26(19)25(33)15-28(20,21)2/h5-9,12-13,16,19-21,25-26,33H,4,10-11,14-15H2,1-3H3. The van der Waals surface area contributed by atoms with Crippen LogP contribution in [-0.2, 0) is 16.0 Å². The lowest BCUT2D eigenvalue weighted by molar-refractivity contribution is -0.158. The van der Waals surface area contributed by atoms with E-state index in [0.717, 1.165) is 29.8 Å². The number of carbonyl (C=O) groups excluding carboxylic acids is 1. The molecule has 2 aromatic rings. The van der Waals surface area contributed by atoms with Crippen molar-refractivity contribution in [2.75, 3.05) is 6.61 Å². The van der Waals surface area contributed by atoms with Crippen LogP contribution in [0.15, 0.2) is 54.0 Å². The second kappa shape index (κ2) is 7.89. The minimum Gasteiger partial charge on any atom is -0.466 e. The average molecular weight is 477 g/mol. The number of para-hydroxylation sites is 1. The van der Waals surface area contributed by atoms with Gasteiger partial charge >= 0.3 is 5.97 Å². The Bertz CT molecular complexity index is 1230. The molecular weight excluding hydrogens is 443 g/mol. The van der Waals surface area contributed by atoms with Crippen molar-refractivity contribution < 1.29 is 19.0 Å². The predicted octanol–water partition coefficient (Wildman–Crippen LogP) is 5.28. The van der Waals surface area contributed by atoms with E-state index in [9.17, 15) is 9.90 Å². The van der Waals surface area contributed by atoms with E-state index in [2.05, 4.69) is 18.9 Å². The van der Waals surface area contributed by atoms with Gasteiger partial charge in [-0.3, -0.25) is 4.79 Å². The molecule has 1 heterocycles. The van der Waals surface area contributed by atoms with Gasteiger partial charge in [0.25, 0.3) is 0 Å². The number of halogens is 1. The zero-order chi connectivity index (χ0) is 24.5. The molecule has 1 aromatic heterocycles. The lowest BCUT2D eigenvalue weighted by Crippen LogP contribution is -2.56. The maximum Gasteiger partial charge on any atom is 0.309 e. The Balaban J connectivity index is 1.42. The van der Waals surface area contributed by atoms with Gasteiger partial charge in [-0.05, 0) is 85.3 Å². The van der Waals surface area contributed by atoms with Gasteiger partial charge in [0.05, 0.1) is 36.2 Å². The fourth-order valence-electron chi connectivity index (χ4n) is 8.12. The number of aliphatic hydroxyl groups excluding tert-OH is 1. The van der Waals surface area contributed by atoms with Crippen LogP contribution in [0.3, 0.4) is 0 Å². The molecule has 0 radical (unpaired) electrons. The number of hydrogen-bond donors (Lipinski definition) is 1. The van der Waals surface area contributed by atoms with Gasteiger partial charge in [-0.25, -0.2) is 9.07 Å². The third-order valence-corrected chi connectivity index (χ3v) is 9.60. The Labute approximate surface area is 205 Å². The van der Waals surface area contributed by atoms with Crippen LogP contribution in [0.1, 0.15) is 51.3 Å². The van der Waals surface area contributed by atoms with Crippen molar-refractivity contribution in [1.29, 1.82) is 0 Å². The summed E-state index contributed by atoms with van der Waals surface area (Å²) in [4.78, 5) is 12.8. The van der Waals surface area contributed by atoms with Crippen molar-refractivity contribution in [3.63, 3.8) is 0 Å². The molecule has 2 saturated carbocycles. The molecule has 7 atom stereocenters. The quantitative estimate of drug-likeness (QED) is 0.613. The molecule has 0 amide bonds. The van der Waals surface area contributed by atoms with Crippen molar-refractivity contribution in [1.82, 2.24) is 9.78 Å². The highest BCUT2D eigenvalue weighted by Crippen LogP contribution is 2.66. The number of hydrogen-bond acceptors (Lipinski definition) is 4. The van der Waals surface area contributed by atoms with Crippen LogP contribution in [0.4, 0.5) is 4.39 Å². The predicted molar refractivity (Wildman–Crippen MR) is 131 cm³/mol. The van der Waals surface area contributed by atoms with Crippen molar-refractivity contribution in [2.45, 2.75) is 52.6 Å². The van der Waals surface area contributed by atoms with Gasteiger partial charge in [-0.2, -0.15) is 5.10 Å². The zero-order valence-corrected chi connectivity index (χ0v) is 20.6. The van der Waals surface area contributed by atoms with E-state index in [4.69, 9.17) is 4.74 Å². The van der Waals surface area contributed by atoms with E-state index in [-0.39, 0.29) is 40.9 Å². The molecule has 5 nitrogen and oxygen atoms in total. The van der Waals surface area contributed by atoms with Gasteiger partial charge in [0.2, 0.25) is 0 Å². The maximum atomic E-state index is 15.9. The zero-order valence-electron chi connectivity index (χ0n) is 20.6. The number of carbonyl (C=O) groups is 1. The second-order valence-corrected chi connectivity index (χ2v) is 11.3. The van der Waals surface area contributed by atoms with Gasteiger partial charge in [0.15, 0.2) is 0 Å². The number of rotatable bonds is 3. The summed E-state index contributed by atoms with van der Waals surface area (Å²) in [6, 6.07) is 9.89. The lowest BCUT2D eigenvalue weighted by Gasteiger charge is -2.57. The number of fused-ring (bicyclic) bond motifs is 6. The smallest absolute Gasteiger partial charge is 0.309 e. The summed E-state index contributed by atoms with van der Waals surface area (Å²) in [7, 11) is 0. The van der Waals surface area contributed by atoms with Crippen LogP contribution >= 0.6 is 0 Å². The third-order valence-electron chi connectivity index (χ3n) is 9.60. The van der Waals surface area contributed by atoms with E-state index >= 15 is 4.39 Å². The number of aliphatic hydroxyl groups is 1. The molecule has 0 bridgehead atoms. The first-order chi connectivity index (χ1) is 16.8. The summed E-state index contributed by atoms with van der Waals surface area (Å²) in [5.74, 6) is -0.701. The van der Waals surface area contributed by atoms with E-state index in [1.807, 2.05) is 54.2 Å². The van der Waals surface area contributed by atoms with Gasteiger partial charge in [0.1, 0.15) is 5.83 Å². The molecule has 6 rings (SSSR count). The summed E-state index contributed by atoms with van der Waals surface area (Å²) in [6.07, 6.45) is 7.71. The highest BCUT2D eigenvalue weighted by Gasteiger charge is 2.63. The molecule has 0 spiro atoms. The van der Waals surface area contributed by atoms with E-state index in [1.54, 1.807) is 6.08 Å². The normalized spacial score (nSPS) is 37.3. The van der Waals surface area contributed by atoms with Crippen LogP contribution in [-0.4, -0.2) is 33.6 Å². The SMILES string of the molecule is CCOC(=O)C1CCC2C3C=C(F)C4=Cc5c(cnn5-c5ccccc5)CC4(C)C3C(O)CC12C. The molecule has 4 aliphatic carbocycles. The first-order valence-electron chi connectivity index (χ1n) is 12.8. The molecule has 1 N–H and O–H groups in total. The summed E-state index contributed by atoms with van der Waals surface area (Å²) in [6.45, 7) is 6.39. The van der Waals surface area contributed by atoms with Crippen LogP contribution in [0.5, 0.6) is 0 Å². The van der Waals surface area contributed by atoms with Crippen molar-refractivity contribution in [2.24, 2.45) is 34.5 Å². The number of benzene rings is 1. The third kappa shape index (κ3) is 3.15. The van der Waals surface area contributed by atoms with Gasteiger partial charge in [-0.1, -0.05) is 32.0 Å². The first kappa shape index (κ1) is 22.7. The summed E-state index contributed by atoms with van der Waals surface area (Å²) < 4.78 is 23.2. The summed E-state index contributed by atoms with van der Waals surface area (Å²) >= 11 is 0. The van der Waals surface area contributed by atoms with Crippen LogP contribution < -0.4 is 0 Å². The van der Waals surface area contributed by atoms with Gasteiger partial charge < -0.3 is 9.84 Å². The van der Waals surface area contributed by atoms with Gasteiger partial charge in [-0.15, -0.1) is 0 Å². The highest BCUT2D eigenvalue weighted by atomic mass is 19.1. The number of ether oxygens (including phenoxy) is 1. The largest absolute Gasteiger partial charge is 0.466 e. The fourth-order valence-corrected chi connectivity index (χ4v) is 8.12. The molecule has 184 valence electrons. The van der Waals surface area contributed by atoms with Crippen molar-refractivity contribution in [3.05, 3.63) is 65.3 Å². The molecule has 2 fully saturated rings. The molecule has 7 unspecified atom stereocenters.